The SMILES string of the molecule is COc1ccc(C(C)CN)c(Br)c1O. The van der Waals surface area contributed by atoms with E-state index in [0.717, 1.165) is 5.56 Å². The van der Waals surface area contributed by atoms with E-state index in [-0.39, 0.29) is 11.7 Å². The molecular weight excluding hydrogens is 246 g/mol. The first-order valence-corrected chi connectivity index (χ1v) is 5.16. The summed E-state index contributed by atoms with van der Waals surface area (Å²) in [5.41, 5.74) is 6.55. The molecule has 4 heteroatoms. The minimum absolute atomic E-state index is 0.130. The molecule has 1 atom stereocenters. The van der Waals surface area contributed by atoms with E-state index in [1.54, 1.807) is 6.07 Å². The Morgan fingerprint density at radius 1 is 1.57 bits per heavy atom. The summed E-state index contributed by atoms with van der Waals surface area (Å²) < 4.78 is 5.64. The van der Waals surface area contributed by atoms with E-state index >= 15 is 0 Å². The van der Waals surface area contributed by atoms with Crippen LogP contribution in [0.5, 0.6) is 11.5 Å². The van der Waals surface area contributed by atoms with Gasteiger partial charge in [-0.3, -0.25) is 0 Å². The Balaban J connectivity index is 3.17. The molecule has 14 heavy (non-hydrogen) atoms. The van der Waals surface area contributed by atoms with Crippen LogP contribution in [0.25, 0.3) is 0 Å². The summed E-state index contributed by atoms with van der Waals surface area (Å²) in [6, 6.07) is 3.64. The molecule has 3 N–H and O–H groups in total. The summed E-state index contributed by atoms with van der Waals surface area (Å²) in [4.78, 5) is 0. The third-order valence-corrected chi connectivity index (χ3v) is 3.05. The van der Waals surface area contributed by atoms with Gasteiger partial charge < -0.3 is 15.6 Å². The number of methoxy groups -OCH3 is 1. The Kier molecular flexibility index (Phi) is 3.77. The molecule has 0 fully saturated rings. The summed E-state index contributed by atoms with van der Waals surface area (Å²) in [5, 5.41) is 9.71. The number of phenols is 1. The third-order valence-electron chi connectivity index (χ3n) is 2.21. The van der Waals surface area contributed by atoms with Crippen LogP contribution in [0.3, 0.4) is 0 Å². The van der Waals surface area contributed by atoms with E-state index in [4.69, 9.17) is 10.5 Å². The topological polar surface area (TPSA) is 55.5 Å². The molecule has 78 valence electrons. The Bertz CT molecular complexity index is 328. The van der Waals surface area contributed by atoms with Crippen molar-refractivity contribution in [1.29, 1.82) is 0 Å². The molecule has 0 saturated heterocycles. The predicted molar refractivity (Wildman–Crippen MR) is 59.8 cm³/mol. The van der Waals surface area contributed by atoms with Crippen LogP contribution in [0.4, 0.5) is 0 Å². The Morgan fingerprint density at radius 3 is 2.71 bits per heavy atom. The van der Waals surface area contributed by atoms with Gasteiger partial charge in [0.2, 0.25) is 0 Å². The van der Waals surface area contributed by atoms with Gasteiger partial charge in [0.15, 0.2) is 11.5 Å². The number of rotatable bonds is 3. The molecule has 1 rings (SSSR count). The highest BCUT2D eigenvalue weighted by atomic mass is 79.9. The van der Waals surface area contributed by atoms with E-state index in [0.29, 0.717) is 16.8 Å². The number of aromatic hydroxyl groups is 1. The Morgan fingerprint density at radius 2 is 2.21 bits per heavy atom. The smallest absolute Gasteiger partial charge is 0.172 e. The molecule has 3 nitrogen and oxygen atoms in total. The molecule has 0 aromatic heterocycles. The van der Waals surface area contributed by atoms with E-state index in [9.17, 15) is 5.11 Å². The van der Waals surface area contributed by atoms with Crippen LogP contribution >= 0.6 is 15.9 Å². The molecule has 0 heterocycles. The van der Waals surface area contributed by atoms with Gasteiger partial charge in [-0.15, -0.1) is 0 Å². The first-order chi connectivity index (χ1) is 6.61. The maximum absolute atomic E-state index is 9.71. The van der Waals surface area contributed by atoms with Crippen molar-refractivity contribution in [3.63, 3.8) is 0 Å². The van der Waals surface area contributed by atoms with Crippen molar-refractivity contribution in [2.45, 2.75) is 12.8 Å². The second-order valence-corrected chi connectivity index (χ2v) is 3.95. The molecule has 1 aromatic rings. The largest absolute Gasteiger partial charge is 0.503 e. The van der Waals surface area contributed by atoms with Crippen LogP contribution in [-0.4, -0.2) is 18.8 Å². The quantitative estimate of drug-likeness (QED) is 0.876. The number of hydrogen-bond acceptors (Lipinski definition) is 3. The zero-order valence-electron chi connectivity index (χ0n) is 8.25. The van der Waals surface area contributed by atoms with Crippen molar-refractivity contribution >= 4 is 15.9 Å². The van der Waals surface area contributed by atoms with Crippen molar-refractivity contribution in [1.82, 2.24) is 0 Å². The molecule has 0 aliphatic rings. The Hall–Kier alpha value is -0.740. The molecule has 0 spiro atoms. The first kappa shape index (κ1) is 11.3. The highest BCUT2D eigenvalue weighted by Gasteiger charge is 2.14. The highest BCUT2D eigenvalue weighted by Crippen LogP contribution is 2.38. The van der Waals surface area contributed by atoms with Crippen LogP contribution in [-0.2, 0) is 0 Å². The average Bonchev–Trinajstić information content (AvgIpc) is 2.21. The lowest BCUT2D eigenvalue weighted by atomic mass is 10.0. The van der Waals surface area contributed by atoms with Crippen molar-refractivity contribution in [2.75, 3.05) is 13.7 Å². The normalized spacial score (nSPS) is 12.6. The number of hydrogen-bond donors (Lipinski definition) is 2. The minimum Gasteiger partial charge on any atom is -0.503 e. The van der Waals surface area contributed by atoms with E-state index in [1.807, 2.05) is 13.0 Å². The predicted octanol–water partition coefficient (Wildman–Crippen LogP) is 2.23. The van der Waals surface area contributed by atoms with E-state index in [2.05, 4.69) is 15.9 Å². The van der Waals surface area contributed by atoms with Gasteiger partial charge in [0, 0.05) is 0 Å². The zero-order valence-corrected chi connectivity index (χ0v) is 9.84. The number of ether oxygens (including phenoxy) is 1. The molecule has 0 amide bonds. The van der Waals surface area contributed by atoms with Crippen LogP contribution in [0.2, 0.25) is 0 Å². The van der Waals surface area contributed by atoms with E-state index < -0.39 is 0 Å². The Labute approximate surface area is 92.0 Å². The maximum Gasteiger partial charge on any atom is 0.172 e. The van der Waals surface area contributed by atoms with Gasteiger partial charge in [-0.05, 0) is 40.0 Å². The van der Waals surface area contributed by atoms with Crippen molar-refractivity contribution < 1.29 is 9.84 Å². The summed E-state index contributed by atoms with van der Waals surface area (Å²) >= 11 is 3.33. The van der Waals surface area contributed by atoms with Crippen molar-refractivity contribution in [2.24, 2.45) is 5.73 Å². The fraction of sp³-hybridized carbons (Fsp3) is 0.400. The molecule has 0 radical (unpaired) electrons. The summed E-state index contributed by atoms with van der Waals surface area (Å²) in [6.45, 7) is 2.55. The molecule has 0 bridgehead atoms. The molecule has 0 aliphatic heterocycles. The monoisotopic (exact) mass is 259 g/mol. The highest BCUT2D eigenvalue weighted by molar-refractivity contribution is 9.10. The molecule has 0 saturated carbocycles. The summed E-state index contributed by atoms with van der Waals surface area (Å²) in [6.07, 6.45) is 0. The average molecular weight is 260 g/mol. The molecule has 1 unspecified atom stereocenters. The maximum atomic E-state index is 9.71. The van der Waals surface area contributed by atoms with Crippen LogP contribution < -0.4 is 10.5 Å². The van der Waals surface area contributed by atoms with Gasteiger partial charge in [0.05, 0.1) is 11.6 Å². The summed E-state index contributed by atoms with van der Waals surface area (Å²) in [7, 11) is 1.52. The lowest BCUT2D eigenvalue weighted by molar-refractivity contribution is 0.371. The van der Waals surface area contributed by atoms with Gasteiger partial charge >= 0.3 is 0 Å². The lowest BCUT2D eigenvalue weighted by Crippen LogP contribution is -2.09. The van der Waals surface area contributed by atoms with Gasteiger partial charge in [0.25, 0.3) is 0 Å². The second kappa shape index (κ2) is 4.66. The fourth-order valence-corrected chi connectivity index (χ4v) is 1.95. The van der Waals surface area contributed by atoms with Crippen LogP contribution in [0.1, 0.15) is 18.4 Å². The van der Waals surface area contributed by atoms with E-state index in [1.165, 1.54) is 7.11 Å². The number of nitrogens with two attached hydrogens (primary N) is 1. The molecule has 0 aliphatic carbocycles. The molecular formula is C10H14BrNO2. The van der Waals surface area contributed by atoms with Gasteiger partial charge in [0.1, 0.15) is 0 Å². The molecule has 1 aromatic carbocycles. The number of halogens is 1. The lowest BCUT2D eigenvalue weighted by Gasteiger charge is -2.14. The van der Waals surface area contributed by atoms with Gasteiger partial charge in [-0.1, -0.05) is 13.0 Å². The second-order valence-electron chi connectivity index (χ2n) is 3.16. The van der Waals surface area contributed by atoms with Gasteiger partial charge in [-0.25, -0.2) is 0 Å². The van der Waals surface area contributed by atoms with Crippen LogP contribution in [0, 0.1) is 0 Å². The fourth-order valence-electron chi connectivity index (χ4n) is 1.23. The number of benzene rings is 1. The van der Waals surface area contributed by atoms with Gasteiger partial charge in [-0.2, -0.15) is 0 Å². The third kappa shape index (κ3) is 2.01. The van der Waals surface area contributed by atoms with Crippen molar-refractivity contribution in [3.05, 3.63) is 22.2 Å². The zero-order chi connectivity index (χ0) is 10.7. The number of phenolic OH excluding ortho intramolecular Hbond substituents is 1. The standard InChI is InChI=1S/C10H14BrNO2/c1-6(5-12)7-3-4-8(14-2)10(13)9(7)11/h3-4,6,13H,5,12H2,1-2H3. The van der Waals surface area contributed by atoms with Crippen molar-refractivity contribution in [3.8, 4) is 11.5 Å². The van der Waals surface area contributed by atoms with Crippen LogP contribution in [0.15, 0.2) is 16.6 Å². The summed E-state index contributed by atoms with van der Waals surface area (Å²) in [5.74, 6) is 0.802. The minimum atomic E-state index is 0.130. The first-order valence-electron chi connectivity index (χ1n) is 4.37.